The lowest BCUT2D eigenvalue weighted by Gasteiger charge is -2.17. The number of halogens is 3. The van der Waals surface area contributed by atoms with Gasteiger partial charge in [-0.05, 0) is 19.9 Å². The molecule has 1 aromatic carbocycles. The molecule has 0 radical (unpaired) electrons. The van der Waals surface area contributed by atoms with E-state index in [-0.39, 0.29) is 17.0 Å². The molecule has 1 aromatic rings. The normalized spacial score (nSPS) is 11.1. The third kappa shape index (κ3) is 5.30. The predicted molar refractivity (Wildman–Crippen MR) is 71.5 cm³/mol. The molecule has 0 aliphatic rings. The first-order valence-corrected chi connectivity index (χ1v) is 6.57. The van der Waals surface area contributed by atoms with E-state index >= 15 is 0 Å². The van der Waals surface area contributed by atoms with Crippen LogP contribution in [0.2, 0.25) is 5.02 Å². The van der Waals surface area contributed by atoms with Gasteiger partial charge in [0.25, 0.3) is 0 Å². The summed E-state index contributed by atoms with van der Waals surface area (Å²) in [6.07, 6.45) is 0.194. The largest absolute Gasteiger partial charge is 0.381 e. The number of ether oxygens (including phenoxy) is 2. The molecule has 0 aliphatic heterocycles. The molecule has 0 atom stereocenters. The fourth-order valence-corrected chi connectivity index (χ4v) is 1.87. The van der Waals surface area contributed by atoms with Gasteiger partial charge in [-0.15, -0.1) is 0 Å². The first-order valence-electron chi connectivity index (χ1n) is 6.20. The van der Waals surface area contributed by atoms with Crippen LogP contribution in [0, 0.1) is 11.6 Å². The van der Waals surface area contributed by atoms with Gasteiger partial charge in [-0.25, -0.2) is 8.78 Å². The summed E-state index contributed by atoms with van der Waals surface area (Å²) in [5.74, 6) is -1.41. The van der Waals surface area contributed by atoms with E-state index in [4.69, 9.17) is 21.1 Å². The van der Waals surface area contributed by atoms with Gasteiger partial charge in [-0.3, -0.25) is 0 Å². The zero-order valence-corrected chi connectivity index (χ0v) is 11.8. The molecule has 1 rings (SSSR count). The van der Waals surface area contributed by atoms with Gasteiger partial charge in [0.05, 0.1) is 10.7 Å². The number of rotatable bonds is 8. The van der Waals surface area contributed by atoms with E-state index in [0.717, 1.165) is 12.1 Å². The lowest BCUT2D eigenvalue weighted by molar-refractivity contribution is -0.137. The average molecular weight is 294 g/mol. The monoisotopic (exact) mass is 293 g/mol. The number of hydrogen-bond acceptors (Lipinski definition) is 3. The van der Waals surface area contributed by atoms with Crippen molar-refractivity contribution in [2.75, 3.05) is 25.1 Å². The van der Waals surface area contributed by atoms with Crippen LogP contribution in [0.3, 0.4) is 0 Å². The van der Waals surface area contributed by atoms with Crippen LogP contribution >= 0.6 is 11.6 Å². The van der Waals surface area contributed by atoms with E-state index in [9.17, 15) is 8.78 Å². The second-order valence-corrected chi connectivity index (χ2v) is 4.21. The van der Waals surface area contributed by atoms with Crippen LogP contribution in [-0.2, 0) is 9.47 Å². The fraction of sp³-hybridized carbons (Fsp3) is 0.538. The van der Waals surface area contributed by atoms with Crippen LogP contribution in [0.25, 0.3) is 0 Å². The Balaban J connectivity index is 2.52. The summed E-state index contributed by atoms with van der Waals surface area (Å²) in [6, 6.07) is 1.85. The quantitative estimate of drug-likeness (QED) is 0.739. The Morgan fingerprint density at radius 3 is 2.37 bits per heavy atom. The molecule has 108 valence electrons. The van der Waals surface area contributed by atoms with Gasteiger partial charge in [0, 0.05) is 32.2 Å². The molecule has 0 unspecified atom stereocenters. The molecule has 6 heteroatoms. The second kappa shape index (κ2) is 8.30. The van der Waals surface area contributed by atoms with Crippen molar-refractivity contribution in [1.29, 1.82) is 0 Å². The maximum absolute atomic E-state index is 13.5. The van der Waals surface area contributed by atoms with Crippen molar-refractivity contribution in [3.63, 3.8) is 0 Å². The highest BCUT2D eigenvalue weighted by Gasteiger charge is 2.11. The molecule has 0 spiro atoms. The smallest absolute Gasteiger partial charge is 0.159 e. The van der Waals surface area contributed by atoms with Crippen LogP contribution in [-0.4, -0.2) is 26.0 Å². The van der Waals surface area contributed by atoms with Gasteiger partial charge in [-0.2, -0.15) is 0 Å². The SMILES string of the molecule is CCOC(CCNc1c(F)cc(F)cc1Cl)OCC. The summed E-state index contributed by atoms with van der Waals surface area (Å²) >= 11 is 5.77. The highest BCUT2D eigenvalue weighted by atomic mass is 35.5. The average Bonchev–Trinajstić information content (AvgIpc) is 2.32. The van der Waals surface area contributed by atoms with Gasteiger partial charge in [0.15, 0.2) is 12.1 Å². The van der Waals surface area contributed by atoms with Gasteiger partial charge >= 0.3 is 0 Å². The van der Waals surface area contributed by atoms with E-state index < -0.39 is 11.6 Å². The minimum Gasteiger partial charge on any atom is -0.381 e. The topological polar surface area (TPSA) is 30.5 Å². The highest BCUT2D eigenvalue weighted by Crippen LogP contribution is 2.26. The van der Waals surface area contributed by atoms with Crippen molar-refractivity contribution in [2.24, 2.45) is 0 Å². The van der Waals surface area contributed by atoms with Crippen LogP contribution in [0.15, 0.2) is 12.1 Å². The Morgan fingerprint density at radius 1 is 1.21 bits per heavy atom. The van der Waals surface area contributed by atoms with Crippen LogP contribution in [0.5, 0.6) is 0 Å². The fourth-order valence-electron chi connectivity index (χ4n) is 1.61. The number of nitrogens with one attached hydrogen (secondary N) is 1. The Morgan fingerprint density at radius 2 is 1.84 bits per heavy atom. The van der Waals surface area contributed by atoms with E-state index in [1.165, 1.54) is 0 Å². The van der Waals surface area contributed by atoms with Crippen LogP contribution in [0.4, 0.5) is 14.5 Å². The van der Waals surface area contributed by atoms with E-state index in [1.54, 1.807) is 0 Å². The van der Waals surface area contributed by atoms with Gasteiger partial charge in [0.2, 0.25) is 0 Å². The molecule has 0 aromatic heterocycles. The first-order chi connectivity index (χ1) is 9.08. The van der Waals surface area contributed by atoms with Gasteiger partial charge in [0.1, 0.15) is 5.82 Å². The van der Waals surface area contributed by atoms with Crippen molar-refractivity contribution >= 4 is 17.3 Å². The highest BCUT2D eigenvalue weighted by molar-refractivity contribution is 6.33. The minimum absolute atomic E-state index is 0.0156. The molecule has 3 nitrogen and oxygen atoms in total. The number of benzene rings is 1. The molecule has 0 amide bonds. The van der Waals surface area contributed by atoms with E-state index in [1.807, 2.05) is 13.8 Å². The summed E-state index contributed by atoms with van der Waals surface area (Å²) in [5.41, 5.74) is 0.0924. The van der Waals surface area contributed by atoms with Gasteiger partial charge < -0.3 is 14.8 Å². The van der Waals surface area contributed by atoms with Crippen molar-refractivity contribution in [3.05, 3.63) is 28.8 Å². The third-order valence-corrected chi connectivity index (χ3v) is 2.69. The second-order valence-electron chi connectivity index (χ2n) is 3.80. The maximum atomic E-state index is 13.5. The van der Waals surface area contributed by atoms with Crippen LogP contribution in [0.1, 0.15) is 20.3 Å². The van der Waals surface area contributed by atoms with Crippen molar-refractivity contribution in [1.82, 2.24) is 0 Å². The molecule has 0 fully saturated rings. The van der Waals surface area contributed by atoms with Crippen LogP contribution < -0.4 is 5.32 Å². The molecule has 0 bridgehead atoms. The molecule has 1 N–H and O–H groups in total. The molecule has 0 saturated heterocycles. The first kappa shape index (κ1) is 16.1. The summed E-state index contributed by atoms with van der Waals surface area (Å²) in [4.78, 5) is 0. The standard InChI is InChI=1S/C13H18ClF2NO2/c1-3-18-12(19-4-2)5-6-17-13-10(14)7-9(15)8-11(13)16/h7-8,12,17H,3-6H2,1-2H3. The van der Waals surface area contributed by atoms with Crippen molar-refractivity contribution < 1.29 is 18.3 Å². The maximum Gasteiger partial charge on any atom is 0.159 e. The molecule has 0 saturated carbocycles. The molecular weight excluding hydrogens is 276 g/mol. The van der Waals surface area contributed by atoms with Crippen molar-refractivity contribution in [3.8, 4) is 0 Å². The Bertz CT molecular complexity index is 375. The lowest BCUT2D eigenvalue weighted by atomic mass is 10.3. The zero-order valence-electron chi connectivity index (χ0n) is 11.0. The lowest BCUT2D eigenvalue weighted by Crippen LogP contribution is -2.21. The number of anilines is 1. The molecule has 0 heterocycles. The third-order valence-electron chi connectivity index (χ3n) is 2.39. The molecule has 19 heavy (non-hydrogen) atoms. The molecular formula is C13H18ClF2NO2. The summed E-state index contributed by atoms with van der Waals surface area (Å²) in [5, 5.41) is 2.84. The Labute approximate surface area is 116 Å². The van der Waals surface area contributed by atoms with E-state index in [2.05, 4.69) is 5.32 Å². The summed E-state index contributed by atoms with van der Waals surface area (Å²) < 4.78 is 37.1. The molecule has 0 aliphatic carbocycles. The summed E-state index contributed by atoms with van der Waals surface area (Å²) in [7, 11) is 0. The summed E-state index contributed by atoms with van der Waals surface area (Å²) in [6.45, 7) is 5.23. The van der Waals surface area contributed by atoms with Gasteiger partial charge in [-0.1, -0.05) is 11.6 Å². The predicted octanol–water partition coefficient (Wildman–Crippen LogP) is 3.82. The number of hydrogen-bond donors (Lipinski definition) is 1. The zero-order chi connectivity index (χ0) is 14.3. The van der Waals surface area contributed by atoms with E-state index in [0.29, 0.717) is 26.2 Å². The Kier molecular flexibility index (Phi) is 7.05. The van der Waals surface area contributed by atoms with Crippen molar-refractivity contribution in [2.45, 2.75) is 26.6 Å². The minimum atomic E-state index is -0.714. The Hall–Kier alpha value is -0.910.